The van der Waals surface area contributed by atoms with Crippen LogP contribution in [0.15, 0.2) is 54.6 Å². The van der Waals surface area contributed by atoms with Crippen LogP contribution in [0.1, 0.15) is 24.0 Å². The zero-order valence-corrected chi connectivity index (χ0v) is 19.0. The van der Waals surface area contributed by atoms with Gasteiger partial charge in [0.1, 0.15) is 0 Å². The Morgan fingerprint density at radius 1 is 0.969 bits per heavy atom. The fraction of sp³-hybridized carbons (Fsp3) is 0.391. The third-order valence-electron chi connectivity index (χ3n) is 5.25. The summed E-state index contributed by atoms with van der Waals surface area (Å²) in [6.07, 6.45) is 2.77. The number of anilines is 1. The second-order valence-electron chi connectivity index (χ2n) is 8.18. The van der Waals surface area contributed by atoms with Crippen molar-refractivity contribution in [1.29, 1.82) is 0 Å². The van der Waals surface area contributed by atoms with Crippen molar-refractivity contribution < 1.29 is 18.0 Å². The monoisotopic (exact) mass is 458 g/mol. The van der Waals surface area contributed by atoms with Crippen molar-refractivity contribution in [3.05, 3.63) is 65.7 Å². The smallest absolute Gasteiger partial charge is 0.315 e. The minimum absolute atomic E-state index is 0.00775. The highest BCUT2D eigenvalue weighted by molar-refractivity contribution is 7.89. The first kappa shape index (κ1) is 23.7. The largest absolute Gasteiger partial charge is 0.335 e. The molecule has 0 spiro atoms. The van der Waals surface area contributed by atoms with Crippen molar-refractivity contribution in [2.45, 2.75) is 31.2 Å². The normalized spacial score (nSPS) is 15.2. The molecule has 1 saturated heterocycles. The van der Waals surface area contributed by atoms with Gasteiger partial charge in [-0.2, -0.15) is 0 Å². The van der Waals surface area contributed by atoms with Crippen LogP contribution in [0.25, 0.3) is 0 Å². The number of carbonyl (C=O) groups is 2. The second-order valence-corrected chi connectivity index (χ2v) is 10.3. The Morgan fingerprint density at radius 2 is 1.59 bits per heavy atom. The quantitative estimate of drug-likeness (QED) is 0.562. The van der Waals surface area contributed by atoms with E-state index < -0.39 is 9.84 Å². The topological polar surface area (TPSA) is 108 Å². The van der Waals surface area contributed by atoms with Gasteiger partial charge < -0.3 is 16.0 Å². The lowest BCUT2D eigenvalue weighted by molar-refractivity contribution is -0.117. The van der Waals surface area contributed by atoms with Crippen LogP contribution in [0, 0.1) is 0 Å². The molecule has 172 valence electrons. The number of urea groups is 1. The van der Waals surface area contributed by atoms with Gasteiger partial charge in [-0.1, -0.05) is 42.5 Å². The maximum atomic E-state index is 12.2. The molecule has 2 aromatic carbocycles. The van der Waals surface area contributed by atoms with Crippen LogP contribution in [-0.2, 0) is 26.9 Å². The predicted octanol–water partition coefficient (Wildman–Crippen LogP) is 2.13. The number of benzene rings is 2. The lowest BCUT2D eigenvalue weighted by Gasteiger charge is -2.31. The molecule has 1 aliphatic rings. The van der Waals surface area contributed by atoms with Crippen molar-refractivity contribution >= 4 is 27.5 Å². The molecule has 0 aliphatic carbocycles. The van der Waals surface area contributed by atoms with E-state index in [0.717, 1.165) is 42.7 Å². The average molecular weight is 459 g/mol. The van der Waals surface area contributed by atoms with Crippen molar-refractivity contribution in [2.75, 3.05) is 31.2 Å². The van der Waals surface area contributed by atoms with Crippen LogP contribution in [-0.4, -0.2) is 57.2 Å². The summed E-state index contributed by atoms with van der Waals surface area (Å²) in [5.41, 5.74) is 2.41. The molecule has 2 aromatic rings. The summed E-state index contributed by atoms with van der Waals surface area (Å²) in [6.45, 7) is 2.19. The standard InChI is InChI=1S/C23H30N4O4S/c1-32(30,31)17-19-9-7-18(8-10-19)15-24-23(29)26-21-11-13-27(14-12-21)16-22(28)25-20-5-3-2-4-6-20/h2-10,21H,11-17H2,1H3,(H,25,28)(H2,24,26,29). The molecule has 1 aliphatic heterocycles. The van der Waals surface area contributed by atoms with Crippen molar-refractivity contribution in [3.63, 3.8) is 0 Å². The summed E-state index contributed by atoms with van der Waals surface area (Å²) in [5, 5.41) is 8.72. The van der Waals surface area contributed by atoms with Crippen molar-refractivity contribution in [2.24, 2.45) is 0 Å². The molecule has 3 rings (SSSR count). The van der Waals surface area contributed by atoms with E-state index in [4.69, 9.17) is 0 Å². The third kappa shape index (κ3) is 8.32. The van der Waals surface area contributed by atoms with E-state index in [-0.39, 0.29) is 23.7 Å². The maximum absolute atomic E-state index is 12.2. The summed E-state index contributed by atoms with van der Waals surface area (Å²) < 4.78 is 22.7. The zero-order valence-electron chi connectivity index (χ0n) is 18.2. The first-order chi connectivity index (χ1) is 15.3. The van der Waals surface area contributed by atoms with Crippen LogP contribution in [0.4, 0.5) is 10.5 Å². The highest BCUT2D eigenvalue weighted by Crippen LogP contribution is 2.12. The van der Waals surface area contributed by atoms with Gasteiger partial charge in [0.05, 0.1) is 12.3 Å². The van der Waals surface area contributed by atoms with E-state index in [9.17, 15) is 18.0 Å². The number of rotatable bonds is 8. The zero-order chi connectivity index (χ0) is 23.0. The number of likely N-dealkylation sites (tertiary alicyclic amines) is 1. The van der Waals surface area contributed by atoms with Gasteiger partial charge in [-0.15, -0.1) is 0 Å². The summed E-state index contributed by atoms with van der Waals surface area (Å²) >= 11 is 0. The summed E-state index contributed by atoms with van der Waals surface area (Å²) in [7, 11) is -3.06. The fourth-order valence-corrected chi connectivity index (χ4v) is 4.43. The fourth-order valence-electron chi connectivity index (χ4n) is 3.64. The Kier molecular flexibility index (Phi) is 8.24. The molecule has 0 atom stereocenters. The van der Waals surface area contributed by atoms with Gasteiger partial charge in [0.25, 0.3) is 0 Å². The maximum Gasteiger partial charge on any atom is 0.315 e. The molecular weight excluding hydrogens is 428 g/mol. The Morgan fingerprint density at radius 3 is 2.22 bits per heavy atom. The number of piperidine rings is 1. The van der Waals surface area contributed by atoms with E-state index >= 15 is 0 Å². The van der Waals surface area contributed by atoms with E-state index in [0.29, 0.717) is 13.1 Å². The first-order valence-corrected chi connectivity index (χ1v) is 12.7. The minimum Gasteiger partial charge on any atom is -0.335 e. The highest BCUT2D eigenvalue weighted by Gasteiger charge is 2.22. The lowest BCUT2D eigenvalue weighted by Crippen LogP contribution is -2.48. The van der Waals surface area contributed by atoms with Crippen molar-refractivity contribution in [3.8, 4) is 0 Å². The molecule has 1 heterocycles. The SMILES string of the molecule is CS(=O)(=O)Cc1ccc(CNC(=O)NC2CCN(CC(=O)Nc3ccccc3)CC2)cc1. The molecule has 0 aromatic heterocycles. The van der Waals surface area contributed by atoms with Crippen LogP contribution >= 0.6 is 0 Å². The van der Waals surface area contributed by atoms with Gasteiger partial charge in [-0.05, 0) is 36.1 Å². The number of nitrogens with zero attached hydrogens (tertiary/aromatic N) is 1. The average Bonchev–Trinajstić information content (AvgIpc) is 2.74. The molecule has 0 bridgehead atoms. The Balaban J connectivity index is 1.34. The number of amides is 3. The molecule has 3 amide bonds. The summed E-state index contributed by atoms with van der Waals surface area (Å²) in [6, 6.07) is 16.4. The van der Waals surface area contributed by atoms with Gasteiger partial charge in [0.2, 0.25) is 5.91 Å². The molecule has 32 heavy (non-hydrogen) atoms. The van der Waals surface area contributed by atoms with Crippen molar-refractivity contribution in [1.82, 2.24) is 15.5 Å². The minimum atomic E-state index is -3.06. The third-order valence-corrected chi connectivity index (χ3v) is 6.11. The van der Waals surface area contributed by atoms with E-state index in [1.807, 2.05) is 42.5 Å². The Hall–Kier alpha value is -2.91. The van der Waals surface area contributed by atoms with Gasteiger partial charge in [0, 0.05) is 37.6 Å². The van der Waals surface area contributed by atoms with Gasteiger partial charge in [-0.3, -0.25) is 9.69 Å². The Bertz CT molecular complexity index is 1000. The second kappa shape index (κ2) is 11.1. The van der Waals surface area contributed by atoms with Crippen LogP contribution in [0.3, 0.4) is 0 Å². The number of para-hydroxylation sites is 1. The number of nitrogens with one attached hydrogen (secondary N) is 3. The summed E-state index contributed by atoms with van der Waals surface area (Å²) in [4.78, 5) is 26.5. The molecule has 8 nitrogen and oxygen atoms in total. The molecule has 9 heteroatoms. The van der Waals surface area contributed by atoms with Crippen LogP contribution in [0.5, 0.6) is 0 Å². The molecular formula is C23H30N4O4S. The Labute approximate surface area is 189 Å². The first-order valence-electron chi connectivity index (χ1n) is 10.6. The van der Waals surface area contributed by atoms with Gasteiger partial charge in [-0.25, -0.2) is 13.2 Å². The van der Waals surface area contributed by atoms with E-state index in [1.165, 1.54) is 6.26 Å². The van der Waals surface area contributed by atoms with Gasteiger partial charge >= 0.3 is 6.03 Å². The predicted molar refractivity (Wildman–Crippen MR) is 125 cm³/mol. The lowest BCUT2D eigenvalue weighted by atomic mass is 10.1. The molecule has 1 fully saturated rings. The number of hydrogen-bond acceptors (Lipinski definition) is 5. The number of carbonyl (C=O) groups excluding carboxylic acids is 2. The molecule has 0 radical (unpaired) electrons. The van der Waals surface area contributed by atoms with E-state index in [1.54, 1.807) is 12.1 Å². The molecule has 3 N–H and O–H groups in total. The molecule has 0 saturated carbocycles. The van der Waals surface area contributed by atoms with E-state index in [2.05, 4.69) is 20.9 Å². The van der Waals surface area contributed by atoms with Crippen LogP contribution in [0.2, 0.25) is 0 Å². The molecule has 0 unspecified atom stereocenters. The number of hydrogen-bond donors (Lipinski definition) is 3. The summed E-state index contributed by atoms with van der Waals surface area (Å²) in [5.74, 6) is -0.0312. The van der Waals surface area contributed by atoms with Crippen LogP contribution < -0.4 is 16.0 Å². The highest BCUT2D eigenvalue weighted by atomic mass is 32.2. The van der Waals surface area contributed by atoms with Gasteiger partial charge in [0.15, 0.2) is 9.84 Å². The number of sulfone groups is 1.